The van der Waals surface area contributed by atoms with Gasteiger partial charge >= 0.3 is 11.9 Å². The van der Waals surface area contributed by atoms with Crippen LogP contribution in [0.5, 0.6) is 5.75 Å². The molecule has 0 saturated heterocycles. The van der Waals surface area contributed by atoms with Crippen molar-refractivity contribution in [1.29, 1.82) is 0 Å². The average Bonchev–Trinajstić information content (AvgIpc) is 3.59. The lowest BCUT2D eigenvalue weighted by Crippen LogP contribution is -2.48. The topological polar surface area (TPSA) is 101 Å². The second kappa shape index (κ2) is 10.2. The van der Waals surface area contributed by atoms with Gasteiger partial charge in [-0.3, -0.25) is 4.79 Å². The number of ether oxygens (including phenoxy) is 5. The molecule has 200 valence electrons. The predicted octanol–water partition coefficient (Wildman–Crippen LogP) is 4.40. The van der Waals surface area contributed by atoms with Crippen LogP contribution in [-0.2, 0) is 39.7 Å². The number of hydrogen-bond acceptors (Lipinski definition) is 8. The molecule has 2 heterocycles. The molecule has 1 N–H and O–H groups in total. The standard InChI is InChI=1S/C30H32O8/c1-19-7-9-21(10-8-19)29(26-17-36-18-37-26,23-6-4-5-20(15-23)28(32)35-3)25-16-27(31)38-30(25,33)22-11-13-24(34-2)14-12-22/h7-14,16-17,20,23,33H,4-6,15,18H2,1-3H3. The third-order valence-corrected chi connectivity index (χ3v) is 7.97. The zero-order valence-corrected chi connectivity index (χ0v) is 21.8. The van der Waals surface area contributed by atoms with E-state index in [4.69, 9.17) is 23.7 Å². The van der Waals surface area contributed by atoms with Crippen LogP contribution in [0.2, 0.25) is 0 Å². The van der Waals surface area contributed by atoms with Crippen molar-refractivity contribution < 1.29 is 38.4 Å². The molecule has 1 fully saturated rings. The lowest BCUT2D eigenvalue weighted by Gasteiger charge is -2.47. The first kappa shape index (κ1) is 25.9. The fourth-order valence-electron chi connectivity index (χ4n) is 6.17. The lowest BCUT2D eigenvalue weighted by molar-refractivity contribution is -0.188. The maximum atomic E-state index is 13.0. The molecule has 2 aromatic rings. The molecule has 2 aromatic carbocycles. The summed E-state index contributed by atoms with van der Waals surface area (Å²) in [4.78, 5) is 25.6. The maximum Gasteiger partial charge on any atom is 0.334 e. The lowest BCUT2D eigenvalue weighted by atomic mass is 9.57. The van der Waals surface area contributed by atoms with Gasteiger partial charge in [0.25, 0.3) is 5.79 Å². The largest absolute Gasteiger partial charge is 0.497 e. The van der Waals surface area contributed by atoms with Crippen LogP contribution < -0.4 is 4.74 Å². The molecule has 4 atom stereocenters. The van der Waals surface area contributed by atoms with Crippen LogP contribution in [-0.4, -0.2) is 38.1 Å². The molecule has 3 aliphatic rings. The van der Waals surface area contributed by atoms with Gasteiger partial charge in [0, 0.05) is 17.2 Å². The number of aliphatic hydroxyl groups is 1. The van der Waals surface area contributed by atoms with E-state index in [0.29, 0.717) is 41.9 Å². The van der Waals surface area contributed by atoms with Gasteiger partial charge in [0.2, 0.25) is 6.79 Å². The van der Waals surface area contributed by atoms with Crippen LogP contribution in [0.4, 0.5) is 0 Å². The predicted molar refractivity (Wildman–Crippen MR) is 137 cm³/mol. The summed E-state index contributed by atoms with van der Waals surface area (Å²) in [6.07, 6.45) is 5.53. The van der Waals surface area contributed by atoms with Crippen molar-refractivity contribution in [2.45, 2.75) is 43.8 Å². The SMILES string of the molecule is COC(=O)C1CCCC(C(C2=COCO2)(C2=CC(=O)OC2(O)c2ccc(OC)cc2)c2ccc(C)cc2)C1. The van der Waals surface area contributed by atoms with Gasteiger partial charge < -0.3 is 28.8 Å². The molecule has 0 amide bonds. The number of methoxy groups -OCH3 is 2. The summed E-state index contributed by atoms with van der Waals surface area (Å²) < 4.78 is 27.7. The Hall–Kier alpha value is -3.78. The molecular weight excluding hydrogens is 488 g/mol. The second-order valence-electron chi connectivity index (χ2n) is 10.0. The van der Waals surface area contributed by atoms with E-state index in [1.165, 1.54) is 13.2 Å². The molecule has 8 nitrogen and oxygen atoms in total. The normalized spacial score (nSPS) is 26.3. The van der Waals surface area contributed by atoms with E-state index in [2.05, 4.69) is 0 Å². The van der Waals surface area contributed by atoms with Crippen molar-refractivity contribution in [2.24, 2.45) is 11.8 Å². The van der Waals surface area contributed by atoms with Gasteiger partial charge in [-0.25, -0.2) is 4.79 Å². The quantitative estimate of drug-likeness (QED) is 0.537. The van der Waals surface area contributed by atoms with Gasteiger partial charge in [0.05, 0.1) is 25.6 Å². The zero-order chi connectivity index (χ0) is 26.9. The summed E-state index contributed by atoms with van der Waals surface area (Å²) in [5.41, 5.74) is 1.36. The molecule has 0 radical (unpaired) electrons. The minimum Gasteiger partial charge on any atom is -0.497 e. The highest BCUT2D eigenvalue weighted by atomic mass is 16.7. The Morgan fingerprint density at radius 2 is 1.82 bits per heavy atom. The Morgan fingerprint density at radius 1 is 1.08 bits per heavy atom. The average molecular weight is 521 g/mol. The van der Waals surface area contributed by atoms with Gasteiger partial charge in [-0.15, -0.1) is 0 Å². The number of hydrogen-bond donors (Lipinski definition) is 1. The highest BCUT2D eigenvalue weighted by Gasteiger charge is 2.60. The summed E-state index contributed by atoms with van der Waals surface area (Å²) in [6.45, 7) is 1.99. The number of cyclic esters (lactones) is 1. The van der Waals surface area contributed by atoms with Crippen molar-refractivity contribution in [3.8, 4) is 5.75 Å². The smallest absolute Gasteiger partial charge is 0.334 e. The van der Waals surface area contributed by atoms with Crippen molar-refractivity contribution in [3.05, 3.63) is 88.9 Å². The molecule has 0 spiro atoms. The third kappa shape index (κ3) is 4.22. The molecule has 2 aliphatic heterocycles. The van der Waals surface area contributed by atoms with E-state index in [0.717, 1.165) is 17.5 Å². The minimum atomic E-state index is -2.10. The van der Waals surface area contributed by atoms with E-state index < -0.39 is 17.2 Å². The van der Waals surface area contributed by atoms with Crippen molar-refractivity contribution in [3.63, 3.8) is 0 Å². The number of benzene rings is 2. The first-order valence-corrected chi connectivity index (χ1v) is 12.8. The molecule has 5 rings (SSSR count). The summed E-state index contributed by atoms with van der Waals surface area (Å²) in [7, 11) is 2.95. The number of aryl methyl sites for hydroxylation is 1. The van der Waals surface area contributed by atoms with E-state index in [9.17, 15) is 14.7 Å². The van der Waals surface area contributed by atoms with Crippen LogP contribution in [0.15, 0.2) is 72.2 Å². The summed E-state index contributed by atoms with van der Waals surface area (Å²) >= 11 is 0. The highest BCUT2D eigenvalue weighted by Crippen LogP contribution is 2.58. The highest BCUT2D eigenvalue weighted by molar-refractivity contribution is 5.88. The first-order valence-electron chi connectivity index (χ1n) is 12.8. The van der Waals surface area contributed by atoms with Gasteiger partial charge in [-0.05, 0) is 61.9 Å². The Kier molecular flexibility index (Phi) is 6.92. The van der Waals surface area contributed by atoms with Crippen LogP contribution in [0.1, 0.15) is 42.4 Å². The summed E-state index contributed by atoms with van der Waals surface area (Å²) in [6, 6.07) is 14.6. The van der Waals surface area contributed by atoms with Crippen molar-refractivity contribution >= 4 is 11.9 Å². The van der Waals surface area contributed by atoms with Crippen LogP contribution in [0.3, 0.4) is 0 Å². The number of rotatable bonds is 7. The Bertz CT molecular complexity index is 1260. The van der Waals surface area contributed by atoms with Crippen LogP contribution >= 0.6 is 0 Å². The maximum absolute atomic E-state index is 13.0. The first-order chi connectivity index (χ1) is 18.3. The minimum absolute atomic E-state index is 0.000850. The summed E-state index contributed by atoms with van der Waals surface area (Å²) in [5.74, 6) is -2.58. The number of allylic oxidation sites excluding steroid dienone is 1. The molecule has 0 bridgehead atoms. The fourth-order valence-corrected chi connectivity index (χ4v) is 6.17. The van der Waals surface area contributed by atoms with Crippen LogP contribution in [0, 0.1) is 18.8 Å². The molecule has 38 heavy (non-hydrogen) atoms. The van der Waals surface area contributed by atoms with Crippen molar-refractivity contribution in [1.82, 2.24) is 0 Å². The number of esters is 2. The second-order valence-corrected chi connectivity index (χ2v) is 10.0. The van der Waals surface area contributed by atoms with Gasteiger partial charge in [0.1, 0.15) is 12.0 Å². The van der Waals surface area contributed by atoms with Gasteiger partial charge in [-0.1, -0.05) is 36.2 Å². The molecule has 0 aromatic heterocycles. The fraction of sp³-hybridized carbons (Fsp3) is 0.400. The zero-order valence-electron chi connectivity index (χ0n) is 21.8. The van der Waals surface area contributed by atoms with E-state index in [1.807, 2.05) is 31.2 Å². The molecular formula is C30H32O8. The number of carbonyl (C=O) groups excluding carboxylic acids is 2. The molecule has 1 saturated carbocycles. The Balaban J connectivity index is 1.75. The molecule has 8 heteroatoms. The van der Waals surface area contributed by atoms with Gasteiger partial charge in [0.15, 0.2) is 5.76 Å². The van der Waals surface area contributed by atoms with Crippen LogP contribution in [0.25, 0.3) is 0 Å². The van der Waals surface area contributed by atoms with E-state index in [-0.39, 0.29) is 24.6 Å². The van der Waals surface area contributed by atoms with Gasteiger partial charge in [-0.2, -0.15) is 0 Å². The molecule has 1 aliphatic carbocycles. The monoisotopic (exact) mass is 520 g/mol. The third-order valence-electron chi connectivity index (χ3n) is 7.97. The Labute approximate surface area is 221 Å². The number of carbonyl (C=O) groups is 2. The summed E-state index contributed by atoms with van der Waals surface area (Å²) in [5, 5.41) is 12.3. The molecule has 4 unspecified atom stereocenters. The van der Waals surface area contributed by atoms with Crippen molar-refractivity contribution in [2.75, 3.05) is 21.0 Å². The van der Waals surface area contributed by atoms with E-state index in [1.54, 1.807) is 37.6 Å². The van der Waals surface area contributed by atoms with E-state index >= 15 is 0 Å². The Morgan fingerprint density at radius 3 is 2.45 bits per heavy atom.